The van der Waals surface area contributed by atoms with E-state index in [9.17, 15) is 10.2 Å². The maximum atomic E-state index is 10.9. The van der Waals surface area contributed by atoms with Gasteiger partial charge in [-0.15, -0.1) is 0 Å². The molecule has 0 aromatic rings. The van der Waals surface area contributed by atoms with E-state index in [1.807, 2.05) is 0 Å². The summed E-state index contributed by atoms with van der Waals surface area (Å²) in [5.74, 6) is 2.42. The van der Waals surface area contributed by atoms with Gasteiger partial charge in [-0.3, -0.25) is 0 Å². The van der Waals surface area contributed by atoms with Gasteiger partial charge in [-0.1, -0.05) is 53.2 Å². The second-order valence-electron chi connectivity index (χ2n) is 14.7. The van der Waals surface area contributed by atoms with Gasteiger partial charge in [0.25, 0.3) is 0 Å². The zero-order valence-electron chi connectivity index (χ0n) is 22.6. The Labute approximate surface area is 202 Å². The highest BCUT2D eigenvalue weighted by atomic mass is 16.6. The van der Waals surface area contributed by atoms with Crippen molar-refractivity contribution in [1.82, 2.24) is 0 Å². The SMILES string of the molecule is C[C@H](C[C@H](O)[C@@H]1OC1(C)C)[C@@H]1CC[C@]2(C)C3=CC[C@@H]4C(C)(C)[C@H](O)CC[C@]4(C)[C@H]3CC[C@@]12C. The Balaban J connectivity index is 1.40. The van der Waals surface area contributed by atoms with Gasteiger partial charge in [0.15, 0.2) is 0 Å². The monoisotopic (exact) mass is 458 g/mol. The summed E-state index contributed by atoms with van der Waals surface area (Å²) in [4.78, 5) is 0. The fourth-order valence-electron chi connectivity index (χ4n) is 10.2. The van der Waals surface area contributed by atoms with Crippen LogP contribution in [-0.2, 0) is 4.74 Å². The fourth-order valence-corrected chi connectivity index (χ4v) is 10.2. The quantitative estimate of drug-likeness (QED) is 0.372. The van der Waals surface area contributed by atoms with E-state index >= 15 is 0 Å². The Morgan fingerprint density at radius 3 is 2.30 bits per heavy atom. The van der Waals surface area contributed by atoms with Crippen LogP contribution in [0.15, 0.2) is 11.6 Å². The van der Waals surface area contributed by atoms with E-state index in [0.717, 1.165) is 19.3 Å². The summed E-state index contributed by atoms with van der Waals surface area (Å²) in [6.07, 6.45) is 11.4. The van der Waals surface area contributed by atoms with Gasteiger partial charge < -0.3 is 14.9 Å². The van der Waals surface area contributed by atoms with Gasteiger partial charge in [-0.2, -0.15) is 0 Å². The minimum absolute atomic E-state index is 0.00178. The third-order valence-electron chi connectivity index (χ3n) is 12.6. The first-order valence-corrected chi connectivity index (χ1v) is 13.9. The van der Waals surface area contributed by atoms with E-state index in [0.29, 0.717) is 34.5 Å². The zero-order chi connectivity index (χ0) is 24.2. The minimum Gasteiger partial charge on any atom is -0.393 e. The summed E-state index contributed by atoms with van der Waals surface area (Å²) in [5, 5.41) is 21.7. The molecule has 3 saturated carbocycles. The summed E-state index contributed by atoms with van der Waals surface area (Å²) >= 11 is 0. The van der Waals surface area contributed by atoms with E-state index in [2.05, 4.69) is 61.5 Å². The maximum Gasteiger partial charge on any atom is 0.113 e. The number of hydrogen-bond donors (Lipinski definition) is 2. The van der Waals surface area contributed by atoms with Crippen molar-refractivity contribution in [3.63, 3.8) is 0 Å². The summed E-state index contributed by atoms with van der Waals surface area (Å²) < 4.78 is 5.76. The molecule has 188 valence electrons. The van der Waals surface area contributed by atoms with Crippen LogP contribution in [0.4, 0.5) is 0 Å². The zero-order valence-corrected chi connectivity index (χ0v) is 22.6. The molecule has 4 aliphatic carbocycles. The van der Waals surface area contributed by atoms with Gasteiger partial charge in [0.1, 0.15) is 6.10 Å². The van der Waals surface area contributed by atoms with Gasteiger partial charge in [0.05, 0.1) is 17.8 Å². The van der Waals surface area contributed by atoms with Crippen molar-refractivity contribution in [3.8, 4) is 0 Å². The minimum atomic E-state index is -0.341. The Hall–Kier alpha value is -0.380. The number of aliphatic hydroxyl groups excluding tert-OH is 2. The Morgan fingerprint density at radius 1 is 1.00 bits per heavy atom. The van der Waals surface area contributed by atoms with E-state index in [-0.39, 0.29) is 34.7 Å². The molecule has 0 aromatic heterocycles. The highest BCUT2D eigenvalue weighted by Gasteiger charge is 2.65. The van der Waals surface area contributed by atoms with Crippen LogP contribution in [0.3, 0.4) is 0 Å². The number of hydrogen-bond acceptors (Lipinski definition) is 3. The maximum absolute atomic E-state index is 10.9. The van der Waals surface area contributed by atoms with Gasteiger partial charge in [0.2, 0.25) is 0 Å². The topological polar surface area (TPSA) is 53.0 Å². The number of aliphatic hydroxyl groups is 2. The molecule has 33 heavy (non-hydrogen) atoms. The van der Waals surface area contributed by atoms with Crippen LogP contribution in [-0.4, -0.2) is 34.1 Å². The van der Waals surface area contributed by atoms with Crippen molar-refractivity contribution in [2.45, 2.75) is 131 Å². The van der Waals surface area contributed by atoms with E-state index < -0.39 is 0 Å². The lowest BCUT2D eigenvalue weighted by Gasteiger charge is -2.64. The van der Waals surface area contributed by atoms with Gasteiger partial charge in [0, 0.05) is 0 Å². The molecule has 10 atom stereocenters. The van der Waals surface area contributed by atoms with Gasteiger partial charge in [-0.05, 0) is 111 Å². The Kier molecular flexibility index (Phi) is 5.40. The molecule has 1 heterocycles. The average Bonchev–Trinajstić information content (AvgIpc) is 3.26. The molecule has 1 aliphatic heterocycles. The molecule has 5 aliphatic rings. The van der Waals surface area contributed by atoms with Crippen LogP contribution in [0.2, 0.25) is 0 Å². The normalized spacial score (nSPS) is 51.6. The van der Waals surface area contributed by atoms with Crippen molar-refractivity contribution >= 4 is 0 Å². The molecule has 0 unspecified atom stereocenters. The van der Waals surface area contributed by atoms with Crippen LogP contribution in [0.5, 0.6) is 0 Å². The van der Waals surface area contributed by atoms with Crippen molar-refractivity contribution < 1.29 is 14.9 Å². The smallest absolute Gasteiger partial charge is 0.113 e. The highest BCUT2D eigenvalue weighted by Crippen LogP contribution is 2.73. The van der Waals surface area contributed by atoms with E-state index in [1.165, 1.54) is 32.1 Å². The molecular formula is C30H50O3. The molecule has 1 saturated heterocycles. The molecule has 0 radical (unpaired) electrons. The predicted octanol–water partition coefficient (Wildman–Crippen LogP) is 6.52. The summed E-state index contributed by atoms with van der Waals surface area (Å²) in [6.45, 7) is 19.0. The standard InChI is InChI=1S/C30H50O3/c1-18(17-22(31)25-27(4,5)33-25)19-11-15-30(8)21-9-10-23-26(2,3)24(32)13-14-28(23,6)20(21)12-16-29(19,30)7/h9,18-20,22-25,31-32H,10-17H2,1-8H3/t18-,19+,20+,22+,23-,24-,25+,28-,29+,30-/m1/s1. The Morgan fingerprint density at radius 2 is 1.67 bits per heavy atom. The van der Waals surface area contributed by atoms with Crippen molar-refractivity contribution in [2.75, 3.05) is 0 Å². The van der Waals surface area contributed by atoms with Gasteiger partial charge >= 0.3 is 0 Å². The summed E-state index contributed by atoms with van der Waals surface area (Å²) in [5.41, 5.74) is 2.50. The summed E-state index contributed by atoms with van der Waals surface area (Å²) in [6, 6.07) is 0. The second-order valence-corrected chi connectivity index (χ2v) is 14.7. The Bertz CT molecular complexity index is 828. The second kappa shape index (κ2) is 7.32. The lowest BCUT2D eigenvalue weighted by atomic mass is 9.41. The molecule has 5 rings (SSSR count). The number of epoxide rings is 1. The number of allylic oxidation sites excluding steroid dienone is 2. The largest absolute Gasteiger partial charge is 0.393 e. The number of fused-ring (bicyclic) bond motifs is 5. The molecule has 0 bridgehead atoms. The number of ether oxygens (including phenoxy) is 1. The average molecular weight is 459 g/mol. The lowest BCUT2D eigenvalue weighted by Crippen LogP contribution is -2.58. The van der Waals surface area contributed by atoms with Crippen LogP contribution < -0.4 is 0 Å². The molecule has 0 spiro atoms. The van der Waals surface area contributed by atoms with E-state index in [1.54, 1.807) is 5.57 Å². The van der Waals surface area contributed by atoms with Gasteiger partial charge in [-0.25, -0.2) is 0 Å². The fraction of sp³-hybridized carbons (Fsp3) is 0.933. The van der Waals surface area contributed by atoms with Crippen LogP contribution in [0.1, 0.15) is 107 Å². The van der Waals surface area contributed by atoms with Crippen LogP contribution >= 0.6 is 0 Å². The van der Waals surface area contributed by atoms with E-state index in [4.69, 9.17) is 4.74 Å². The molecule has 3 heteroatoms. The summed E-state index contributed by atoms with van der Waals surface area (Å²) in [7, 11) is 0. The van der Waals surface area contributed by atoms with Crippen LogP contribution in [0, 0.1) is 45.3 Å². The first-order valence-electron chi connectivity index (χ1n) is 13.9. The third kappa shape index (κ3) is 3.23. The van der Waals surface area contributed by atoms with Crippen molar-refractivity contribution in [2.24, 2.45) is 45.3 Å². The molecule has 0 amide bonds. The highest BCUT2D eigenvalue weighted by molar-refractivity contribution is 5.33. The predicted molar refractivity (Wildman–Crippen MR) is 134 cm³/mol. The molecule has 4 fully saturated rings. The third-order valence-corrected chi connectivity index (χ3v) is 12.6. The first-order chi connectivity index (χ1) is 15.2. The molecule has 3 nitrogen and oxygen atoms in total. The van der Waals surface area contributed by atoms with Crippen molar-refractivity contribution in [3.05, 3.63) is 11.6 Å². The van der Waals surface area contributed by atoms with Crippen LogP contribution in [0.25, 0.3) is 0 Å². The van der Waals surface area contributed by atoms with Crippen molar-refractivity contribution in [1.29, 1.82) is 0 Å². The molecule has 0 aromatic carbocycles. The molecule has 2 N–H and O–H groups in total. The first kappa shape index (κ1) is 24.3. The lowest BCUT2D eigenvalue weighted by molar-refractivity contribution is -0.131. The number of rotatable bonds is 4. The molecular weight excluding hydrogens is 408 g/mol.